The first-order valence-corrected chi connectivity index (χ1v) is 26.6. The minimum atomic E-state index is -0.769. The lowest BCUT2D eigenvalue weighted by molar-refractivity contribution is -0.174. The number of alkyl halides is 8. The Hall–Kier alpha value is 0.720. The van der Waals surface area contributed by atoms with Gasteiger partial charge in [-0.3, -0.25) is 19.2 Å². The molecule has 0 aliphatic rings. The third kappa shape index (κ3) is 58.7. The van der Waals surface area contributed by atoms with E-state index in [0.29, 0.717) is 38.5 Å². The molecule has 0 aromatic heterocycles. The fourth-order valence-electron chi connectivity index (χ4n) is 1.79. The van der Waals surface area contributed by atoms with Gasteiger partial charge in [-0.15, -0.1) is 0 Å². The third-order valence-corrected chi connectivity index (χ3v) is 11.5. The highest BCUT2D eigenvalue weighted by Crippen LogP contribution is 2.15. The summed E-state index contributed by atoms with van der Waals surface area (Å²) in [5, 5.41) is 4.35. The number of aldehydes is 1. The van der Waals surface area contributed by atoms with Gasteiger partial charge in [-0.05, 0) is 26.2 Å². The molecule has 0 aliphatic carbocycles. The molecule has 0 saturated carbocycles. The number of aryl methyl sites for hydroxylation is 1. The van der Waals surface area contributed by atoms with E-state index in [2.05, 4.69) is 153 Å². The largest absolute Gasteiger partial charge is 0.460 e. The van der Waals surface area contributed by atoms with Gasteiger partial charge in [0.25, 0.3) is 0 Å². The van der Waals surface area contributed by atoms with Crippen LogP contribution in [0.25, 0.3) is 0 Å². The lowest BCUT2D eigenvalue weighted by atomic mass is 9.92. The SMILES string of the molecule is CC(C)(C)C(=O)CBr.CC(C)(C)CBr.CCC(=O)CBr.CCOC(=O)C(=O)CBr.COC(C)(CBr)OC.COC(CBr)OC.Cc1ccc(C(=O)CBr)cc1.O=CCBr. The standard InChI is InChI=1S/C9H9BrO.C6H11BrO.C5H7BrO3.C5H11BrO2.C5H11Br.C4H9BrO2.C4H7BrO.C2H3BrO/c1-7-2-4-8(5-3-7)9(11)6-10;1-6(2,3)5(8)4-7;1-2-9-5(8)4(7)3-6;1-5(4-6,7-2)8-3;1-5(2,3)4-6;1-6-4(3-5)7-2;1-2-4(6)3-5;3-1-2-4/h2-5H,6H2,1H3;4H2,1-3H3;2-3H2,1H3;4H2,1-3H3;4H2,1-3H3;4H,3H2,1-2H3;2-3H2,1H3;2H,1H2. The smallest absolute Gasteiger partial charge is 0.375 e. The number of halogens is 8. The van der Waals surface area contributed by atoms with Gasteiger partial charge in [0.2, 0.25) is 5.78 Å². The Morgan fingerprint density at radius 2 is 1.10 bits per heavy atom. The number of carbonyl (C=O) groups excluding carboxylic acids is 6. The Bertz CT molecular complexity index is 1150. The quantitative estimate of drug-likeness (QED) is 0.0412. The molecule has 1 rings (SSSR count). The van der Waals surface area contributed by atoms with E-state index in [1.165, 1.54) is 5.56 Å². The van der Waals surface area contributed by atoms with E-state index in [4.69, 9.17) is 23.7 Å². The molecular formula is C40H68Br8O11. The van der Waals surface area contributed by atoms with Gasteiger partial charge in [0.05, 0.1) is 43.9 Å². The van der Waals surface area contributed by atoms with E-state index in [1.807, 2.05) is 65.8 Å². The van der Waals surface area contributed by atoms with E-state index < -0.39 is 17.5 Å². The van der Waals surface area contributed by atoms with Crippen LogP contribution in [0.4, 0.5) is 0 Å². The third-order valence-electron chi connectivity index (χ3n) is 5.84. The summed E-state index contributed by atoms with van der Waals surface area (Å²) in [6.07, 6.45) is 1.34. The molecule has 59 heavy (non-hydrogen) atoms. The van der Waals surface area contributed by atoms with Crippen molar-refractivity contribution >= 4 is 163 Å². The maximum Gasteiger partial charge on any atom is 0.375 e. The van der Waals surface area contributed by atoms with Gasteiger partial charge in [-0.2, -0.15) is 0 Å². The molecule has 0 unspecified atom stereocenters. The molecule has 0 amide bonds. The van der Waals surface area contributed by atoms with Crippen LogP contribution < -0.4 is 0 Å². The van der Waals surface area contributed by atoms with Crippen LogP contribution in [0.1, 0.15) is 84.7 Å². The zero-order valence-electron chi connectivity index (χ0n) is 37.0. The fraction of sp³-hybridized carbons (Fsp3) is 0.700. The molecule has 1 aromatic rings. The number of ketones is 4. The lowest BCUT2D eigenvalue weighted by Crippen LogP contribution is -2.31. The zero-order valence-corrected chi connectivity index (χ0v) is 49.7. The minimum absolute atomic E-state index is 0.0336. The first-order chi connectivity index (χ1) is 27.2. The van der Waals surface area contributed by atoms with Crippen LogP contribution in [0.2, 0.25) is 0 Å². The fourth-order valence-corrected chi connectivity index (χ4v) is 4.57. The Labute approximate surface area is 422 Å². The summed E-state index contributed by atoms with van der Waals surface area (Å²) in [5.41, 5.74) is 2.23. The summed E-state index contributed by atoms with van der Waals surface area (Å²) < 4.78 is 23.9. The number of Topliss-reactive ketones (excluding diaryl/α,β-unsaturated/α-hetero) is 4. The van der Waals surface area contributed by atoms with Crippen molar-refractivity contribution in [2.24, 2.45) is 10.8 Å². The Morgan fingerprint density at radius 1 is 0.678 bits per heavy atom. The van der Waals surface area contributed by atoms with Crippen molar-refractivity contribution in [3.8, 4) is 0 Å². The van der Waals surface area contributed by atoms with Gasteiger partial charge in [0.1, 0.15) is 17.9 Å². The van der Waals surface area contributed by atoms with E-state index in [1.54, 1.807) is 35.4 Å². The van der Waals surface area contributed by atoms with E-state index >= 15 is 0 Å². The number of esters is 1. The Morgan fingerprint density at radius 3 is 1.24 bits per heavy atom. The van der Waals surface area contributed by atoms with Gasteiger partial charge in [-0.1, -0.05) is 206 Å². The average Bonchev–Trinajstić information content (AvgIpc) is 3.23. The van der Waals surface area contributed by atoms with Crippen molar-refractivity contribution in [2.45, 2.75) is 87.7 Å². The van der Waals surface area contributed by atoms with Crippen LogP contribution in [-0.2, 0) is 47.7 Å². The second-order valence-corrected chi connectivity index (χ2v) is 17.9. The van der Waals surface area contributed by atoms with Crippen molar-refractivity contribution in [3.05, 3.63) is 35.4 Å². The summed E-state index contributed by atoms with van der Waals surface area (Å²) in [6, 6.07) is 7.57. The summed E-state index contributed by atoms with van der Waals surface area (Å²) in [7, 11) is 6.44. The van der Waals surface area contributed by atoms with Crippen LogP contribution in [0.3, 0.4) is 0 Å². The molecule has 0 saturated heterocycles. The topological polar surface area (TPSA) is 149 Å². The molecular weight excluding hydrogens is 1300 g/mol. The van der Waals surface area contributed by atoms with Gasteiger partial charge in [0, 0.05) is 51.2 Å². The number of ether oxygens (including phenoxy) is 5. The predicted molar refractivity (Wildman–Crippen MR) is 273 cm³/mol. The Kier molecular flexibility index (Phi) is 62.4. The molecule has 0 aliphatic heterocycles. The highest BCUT2D eigenvalue weighted by molar-refractivity contribution is 9.10. The predicted octanol–water partition coefficient (Wildman–Crippen LogP) is 11.8. The molecule has 0 atom stereocenters. The number of methoxy groups -OCH3 is 4. The van der Waals surface area contributed by atoms with Gasteiger partial charge in [-0.25, -0.2) is 4.79 Å². The highest BCUT2D eigenvalue weighted by atomic mass is 79.9. The minimum Gasteiger partial charge on any atom is -0.460 e. The van der Waals surface area contributed by atoms with Crippen LogP contribution in [0.15, 0.2) is 24.3 Å². The summed E-state index contributed by atoms with van der Waals surface area (Å²) in [4.78, 5) is 61.9. The second-order valence-electron chi connectivity index (χ2n) is 13.3. The monoisotopic (exact) mass is 1360 g/mol. The molecule has 350 valence electrons. The maximum atomic E-state index is 11.1. The van der Waals surface area contributed by atoms with Crippen LogP contribution in [0.5, 0.6) is 0 Å². The van der Waals surface area contributed by atoms with Crippen molar-refractivity contribution in [2.75, 3.05) is 77.7 Å². The molecule has 0 heterocycles. The van der Waals surface area contributed by atoms with Gasteiger partial charge < -0.3 is 28.5 Å². The Balaban J connectivity index is -0.000000106. The van der Waals surface area contributed by atoms with E-state index in [9.17, 15) is 24.0 Å². The maximum absolute atomic E-state index is 11.1. The number of hydrogen-bond acceptors (Lipinski definition) is 11. The number of hydrogen-bond donors (Lipinski definition) is 0. The molecule has 11 nitrogen and oxygen atoms in total. The second kappa shape index (κ2) is 49.7. The molecule has 0 N–H and O–H groups in total. The van der Waals surface area contributed by atoms with Crippen molar-refractivity contribution in [1.82, 2.24) is 0 Å². The molecule has 19 heteroatoms. The molecule has 0 radical (unpaired) electrons. The molecule has 1 aromatic carbocycles. The summed E-state index contributed by atoms with van der Waals surface area (Å²) >= 11 is 24.8. The van der Waals surface area contributed by atoms with Crippen molar-refractivity contribution < 1.29 is 52.5 Å². The van der Waals surface area contributed by atoms with Crippen molar-refractivity contribution in [3.63, 3.8) is 0 Å². The number of benzene rings is 1. The molecule has 0 bridgehead atoms. The summed E-state index contributed by atoms with van der Waals surface area (Å²) in [6.45, 7) is 19.9. The first-order valence-electron chi connectivity index (χ1n) is 17.7. The first kappa shape index (κ1) is 74.1. The summed E-state index contributed by atoms with van der Waals surface area (Å²) in [5.74, 6) is -1.14. The van der Waals surface area contributed by atoms with Crippen LogP contribution in [0, 0.1) is 17.8 Å². The zero-order chi connectivity index (χ0) is 48.3. The highest BCUT2D eigenvalue weighted by Gasteiger charge is 2.20. The number of carbonyl (C=O) groups is 6. The number of rotatable bonds is 15. The van der Waals surface area contributed by atoms with E-state index in [0.717, 1.165) is 22.5 Å². The van der Waals surface area contributed by atoms with Crippen molar-refractivity contribution in [1.29, 1.82) is 0 Å². The van der Waals surface area contributed by atoms with Gasteiger partial charge >= 0.3 is 5.97 Å². The lowest BCUT2D eigenvalue weighted by Gasteiger charge is -2.22. The van der Waals surface area contributed by atoms with Crippen LogP contribution in [-0.4, -0.2) is 125 Å². The normalized spacial score (nSPS) is 10.0. The van der Waals surface area contributed by atoms with Gasteiger partial charge in [0.15, 0.2) is 17.9 Å². The molecule has 0 fully saturated rings. The van der Waals surface area contributed by atoms with E-state index in [-0.39, 0.29) is 41.0 Å². The average molecular weight is 1360 g/mol. The molecule has 0 spiro atoms. The van der Waals surface area contributed by atoms with Crippen LogP contribution >= 0.6 is 127 Å².